The Morgan fingerprint density at radius 3 is 2.53 bits per heavy atom. The van der Waals surface area contributed by atoms with Crippen LogP contribution < -0.4 is 10.1 Å². The molecule has 34 heavy (non-hydrogen) atoms. The van der Waals surface area contributed by atoms with Gasteiger partial charge in [0.2, 0.25) is 5.82 Å². The van der Waals surface area contributed by atoms with Crippen molar-refractivity contribution in [3.05, 3.63) is 78.1 Å². The molecular formula is C24H21F3N4O3. The molecule has 0 unspecified atom stereocenters. The SMILES string of the molecule is CC(C)COc1nc(-c2ccco2)n(-c2cccc(NC(=O)c3ccc(C(F)(F)F)cc3)c2)n1. The lowest BCUT2D eigenvalue weighted by Gasteiger charge is -2.10. The zero-order valence-electron chi connectivity index (χ0n) is 18.3. The maximum absolute atomic E-state index is 12.8. The minimum Gasteiger partial charge on any atom is -0.462 e. The van der Waals surface area contributed by atoms with E-state index in [0.717, 1.165) is 24.3 Å². The van der Waals surface area contributed by atoms with Crippen LogP contribution in [0.15, 0.2) is 71.3 Å². The Balaban J connectivity index is 1.59. The minimum absolute atomic E-state index is 0.0970. The van der Waals surface area contributed by atoms with Gasteiger partial charge in [0.25, 0.3) is 5.91 Å². The van der Waals surface area contributed by atoms with Gasteiger partial charge in [-0.1, -0.05) is 19.9 Å². The molecule has 0 atom stereocenters. The van der Waals surface area contributed by atoms with Crippen molar-refractivity contribution in [3.8, 4) is 23.3 Å². The average molecular weight is 470 g/mol. The van der Waals surface area contributed by atoms with Crippen LogP contribution in [0.3, 0.4) is 0 Å². The number of carbonyl (C=O) groups excluding carboxylic acids is 1. The van der Waals surface area contributed by atoms with Gasteiger partial charge in [0.1, 0.15) is 0 Å². The first-order chi connectivity index (χ1) is 16.2. The Morgan fingerprint density at radius 1 is 1.12 bits per heavy atom. The molecule has 176 valence electrons. The van der Waals surface area contributed by atoms with Crippen molar-refractivity contribution in [1.29, 1.82) is 0 Å². The Kier molecular flexibility index (Phi) is 6.40. The van der Waals surface area contributed by atoms with E-state index in [4.69, 9.17) is 9.15 Å². The first-order valence-electron chi connectivity index (χ1n) is 10.4. The predicted octanol–water partition coefficient (Wildman–Crippen LogP) is 5.83. The van der Waals surface area contributed by atoms with E-state index in [2.05, 4.69) is 15.4 Å². The Morgan fingerprint density at radius 2 is 1.88 bits per heavy atom. The predicted molar refractivity (Wildman–Crippen MR) is 119 cm³/mol. The number of nitrogens with zero attached hydrogens (tertiary/aromatic N) is 3. The van der Waals surface area contributed by atoms with Crippen molar-refractivity contribution in [2.75, 3.05) is 11.9 Å². The van der Waals surface area contributed by atoms with Gasteiger partial charge in [-0.05, 0) is 60.5 Å². The molecule has 10 heteroatoms. The maximum atomic E-state index is 12.8. The molecule has 0 fully saturated rings. The highest BCUT2D eigenvalue weighted by Crippen LogP contribution is 2.29. The molecule has 1 N–H and O–H groups in total. The van der Waals surface area contributed by atoms with E-state index in [-0.39, 0.29) is 17.5 Å². The molecular weight excluding hydrogens is 449 g/mol. The van der Waals surface area contributed by atoms with Crippen molar-refractivity contribution < 1.29 is 27.1 Å². The lowest BCUT2D eigenvalue weighted by atomic mass is 10.1. The standard InChI is InChI=1S/C24H21F3N4O3/c1-15(2)14-34-23-29-21(20-7-4-12-33-20)31(30-23)19-6-3-5-18(13-19)28-22(32)16-8-10-17(11-9-16)24(25,26)27/h3-13,15H,14H2,1-2H3,(H,28,32). The number of rotatable bonds is 7. The summed E-state index contributed by atoms with van der Waals surface area (Å²) in [4.78, 5) is 17.0. The minimum atomic E-state index is -4.47. The Hall–Kier alpha value is -4.08. The molecule has 2 aromatic carbocycles. The van der Waals surface area contributed by atoms with Crippen LogP contribution in [0.5, 0.6) is 6.01 Å². The van der Waals surface area contributed by atoms with Crippen LogP contribution in [0.4, 0.5) is 18.9 Å². The van der Waals surface area contributed by atoms with E-state index in [1.54, 1.807) is 36.4 Å². The highest BCUT2D eigenvalue weighted by molar-refractivity contribution is 6.04. The van der Waals surface area contributed by atoms with Crippen LogP contribution in [-0.2, 0) is 6.18 Å². The van der Waals surface area contributed by atoms with Crippen molar-refractivity contribution in [3.63, 3.8) is 0 Å². The van der Waals surface area contributed by atoms with E-state index in [9.17, 15) is 18.0 Å². The Bertz CT molecular complexity index is 1260. The van der Waals surface area contributed by atoms with Crippen molar-refractivity contribution in [2.24, 2.45) is 5.92 Å². The second-order valence-corrected chi connectivity index (χ2v) is 7.89. The highest BCUT2D eigenvalue weighted by atomic mass is 19.4. The summed E-state index contributed by atoms with van der Waals surface area (Å²) in [5, 5.41) is 7.11. The smallest absolute Gasteiger partial charge is 0.416 e. The number of nitrogens with one attached hydrogen (secondary N) is 1. The average Bonchev–Trinajstić information content (AvgIpc) is 3.47. The van der Waals surface area contributed by atoms with E-state index in [0.29, 0.717) is 29.6 Å². The normalized spacial score (nSPS) is 11.6. The molecule has 1 amide bonds. The summed E-state index contributed by atoms with van der Waals surface area (Å²) in [6, 6.07) is 14.4. The zero-order chi connectivity index (χ0) is 24.3. The molecule has 0 aliphatic heterocycles. The molecule has 0 saturated carbocycles. The summed E-state index contributed by atoms with van der Waals surface area (Å²) in [5.41, 5.74) is 0.273. The molecule has 7 nitrogen and oxygen atoms in total. The number of furan rings is 1. The molecule has 0 radical (unpaired) electrons. The largest absolute Gasteiger partial charge is 0.462 e. The first kappa shape index (κ1) is 23.1. The summed E-state index contributed by atoms with van der Waals surface area (Å²) in [5.74, 6) is 0.625. The second kappa shape index (κ2) is 9.42. The molecule has 0 aliphatic rings. The van der Waals surface area contributed by atoms with Gasteiger partial charge in [0.05, 0.1) is 24.1 Å². The van der Waals surface area contributed by atoms with Crippen LogP contribution in [0, 0.1) is 5.92 Å². The third-order valence-electron chi connectivity index (χ3n) is 4.70. The second-order valence-electron chi connectivity index (χ2n) is 7.89. The molecule has 4 rings (SSSR count). The molecule has 0 saturated heterocycles. The number of carbonyl (C=O) groups is 1. The van der Waals surface area contributed by atoms with Gasteiger partial charge in [-0.25, -0.2) is 4.68 Å². The zero-order valence-corrected chi connectivity index (χ0v) is 18.3. The number of hydrogen-bond donors (Lipinski definition) is 1. The third kappa shape index (κ3) is 5.28. The summed E-state index contributed by atoms with van der Waals surface area (Å²) in [6.45, 7) is 4.45. The number of aromatic nitrogens is 3. The summed E-state index contributed by atoms with van der Waals surface area (Å²) in [6.07, 6.45) is -2.95. The van der Waals surface area contributed by atoms with Crippen LogP contribution in [0.2, 0.25) is 0 Å². The molecule has 0 bridgehead atoms. The summed E-state index contributed by atoms with van der Waals surface area (Å²) in [7, 11) is 0. The van der Waals surface area contributed by atoms with Crippen molar-refractivity contribution in [2.45, 2.75) is 20.0 Å². The van der Waals surface area contributed by atoms with Crippen molar-refractivity contribution >= 4 is 11.6 Å². The quantitative estimate of drug-likeness (QED) is 0.367. The van der Waals surface area contributed by atoms with Gasteiger partial charge in [-0.15, -0.1) is 5.10 Å². The summed E-state index contributed by atoms with van der Waals surface area (Å²) < 4.78 is 51.0. The number of anilines is 1. The van der Waals surface area contributed by atoms with Gasteiger partial charge in [-0.3, -0.25) is 4.79 Å². The number of halogens is 3. The molecule has 0 aliphatic carbocycles. The fourth-order valence-corrected chi connectivity index (χ4v) is 3.07. The fraction of sp³-hybridized carbons (Fsp3) is 0.208. The van der Waals surface area contributed by atoms with Crippen LogP contribution in [0.25, 0.3) is 17.3 Å². The van der Waals surface area contributed by atoms with E-state index in [1.807, 2.05) is 13.8 Å². The number of benzene rings is 2. The van der Waals surface area contributed by atoms with Crippen LogP contribution in [0.1, 0.15) is 29.8 Å². The number of ether oxygens (including phenoxy) is 1. The lowest BCUT2D eigenvalue weighted by molar-refractivity contribution is -0.137. The van der Waals surface area contributed by atoms with Gasteiger partial charge in [0.15, 0.2) is 5.76 Å². The monoisotopic (exact) mass is 470 g/mol. The van der Waals surface area contributed by atoms with E-state index < -0.39 is 17.6 Å². The fourth-order valence-electron chi connectivity index (χ4n) is 3.07. The van der Waals surface area contributed by atoms with Gasteiger partial charge >= 0.3 is 12.2 Å². The molecule has 4 aromatic rings. The molecule has 2 heterocycles. The number of alkyl halides is 3. The maximum Gasteiger partial charge on any atom is 0.416 e. The molecule has 2 aromatic heterocycles. The summed E-state index contributed by atoms with van der Waals surface area (Å²) >= 11 is 0. The van der Waals surface area contributed by atoms with Crippen LogP contribution in [-0.4, -0.2) is 27.3 Å². The first-order valence-corrected chi connectivity index (χ1v) is 10.4. The number of hydrogen-bond acceptors (Lipinski definition) is 5. The van der Waals surface area contributed by atoms with Crippen LogP contribution >= 0.6 is 0 Å². The van der Waals surface area contributed by atoms with Crippen molar-refractivity contribution in [1.82, 2.24) is 14.8 Å². The Labute approximate surface area is 193 Å². The van der Waals surface area contributed by atoms with E-state index in [1.165, 1.54) is 10.9 Å². The van der Waals surface area contributed by atoms with Gasteiger partial charge < -0.3 is 14.5 Å². The third-order valence-corrected chi connectivity index (χ3v) is 4.70. The highest BCUT2D eigenvalue weighted by Gasteiger charge is 2.30. The van der Waals surface area contributed by atoms with Gasteiger partial charge in [0, 0.05) is 11.3 Å². The topological polar surface area (TPSA) is 82.2 Å². The van der Waals surface area contributed by atoms with E-state index >= 15 is 0 Å². The number of amides is 1. The van der Waals surface area contributed by atoms with Gasteiger partial charge in [-0.2, -0.15) is 18.2 Å². The molecule has 0 spiro atoms. The lowest BCUT2D eigenvalue weighted by Crippen LogP contribution is -2.13.